The van der Waals surface area contributed by atoms with Crippen LogP contribution in [-0.2, 0) is 18.1 Å². The van der Waals surface area contributed by atoms with Crippen LogP contribution < -0.4 is 0 Å². The molecule has 0 aromatic rings. The van der Waals surface area contributed by atoms with Gasteiger partial charge in [0, 0.05) is 6.61 Å². The lowest BCUT2D eigenvalue weighted by molar-refractivity contribution is 0.0813. The van der Waals surface area contributed by atoms with Crippen LogP contribution in [0.15, 0.2) is 0 Å². The van der Waals surface area contributed by atoms with Gasteiger partial charge < -0.3 is 18.7 Å². The molecule has 0 rings (SSSR count). The molecule has 0 saturated heterocycles. The lowest BCUT2D eigenvalue weighted by Gasteiger charge is -2.03. The summed E-state index contributed by atoms with van der Waals surface area (Å²) in [5.74, 6) is 0. The third-order valence-corrected chi connectivity index (χ3v) is 1.84. The fourth-order valence-corrected chi connectivity index (χ4v) is 1.09. The minimum atomic E-state index is -2.42. The molecular formula is C6H14O5Si. The van der Waals surface area contributed by atoms with Gasteiger partial charge in [0.1, 0.15) is 0 Å². The first-order chi connectivity index (χ1) is 5.81. The van der Waals surface area contributed by atoms with Crippen molar-refractivity contribution in [2.24, 2.45) is 0 Å². The van der Waals surface area contributed by atoms with Gasteiger partial charge in [0.25, 0.3) is 0 Å². The standard InChI is InChI=1S/C6H14O5Si/c1-2-9-5-6-11-12(8)10-4-3-7/h7H,2-6H2,1H3. The van der Waals surface area contributed by atoms with Crippen LogP contribution in [0.2, 0.25) is 0 Å². The Balaban J connectivity index is 3.08. The van der Waals surface area contributed by atoms with Crippen molar-refractivity contribution in [2.45, 2.75) is 6.92 Å². The lowest BCUT2D eigenvalue weighted by atomic mass is 10.8. The molecule has 0 spiro atoms. The van der Waals surface area contributed by atoms with E-state index in [1.165, 1.54) is 0 Å². The molecule has 0 amide bonds. The predicted molar refractivity (Wildman–Crippen MR) is 41.9 cm³/mol. The Bertz CT molecular complexity index is 119. The SMILES string of the molecule is CCOCCO[Si](=O)OCCO. The summed E-state index contributed by atoms with van der Waals surface area (Å²) in [4.78, 5) is 0. The normalized spacial score (nSPS) is 9.50. The second-order valence-corrected chi connectivity index (χ2v) is 2.94. The van der Waals surface area contributed by atoms with Crippen LogP contribution in [0.25, 0.3) is 0 Å². The third-order valence-electron chi connectivity index (χ3n) is 0.963. The fourth-order valence-electron chi connectivity index (χ4n) is 0.499. The van der Waals surface area contributed by atoms with Crippen LogP contribution in [0.5, 0.6) is 0 Å². The molecule has 0 aliphatic rings. The molecule has 5 nitrogen and oxygen atoms in total. The minimum Gasteiger partial charge on any atom is -0.494 e. The van der Waals surface area contributed by atoms with E-state index in [4.69, 9.17) is 14.3 Å². The first-order valence-corrected chi connectivity index (χ1v) is 5.02. The molecule has 0 aliphatic carbocycles. The van der Waals surface area contributed by atoms with Gasteiger partial charge in [0.05, 0.1) is 26.4 Å². The summed E-state index contributed by atoms with van der Waals surface area (Å²) in [7, 11) is -2.42. The Morgan fingerprint density at radius 2 is 1.92 bits per heavy atom. The Hall–Kier alpha value is -0.463. The van der Waals surface area contributed by atoms with Gasteiger partial charge in [-0.25, -0.2) is 0 Å². The number of aliphatic hydroxyl groups is 1. The van der Waals surface area contributed by atoms with E-state index in [0.717, 1.165) is 0 Å². The molecule has 0 unspecified atom stereocenters. The zero-order valence-corrected chi connectivity index (χ0v) is 8.12. The minimum absolute atomic E-state index is 0.0480. The van der Waals surface area contributed by atoms with Crippen LogP contribution in [0.1, 0.15) is 6.92 Å². The Morgan fingerprint density at radius 1 is 1.25 bits per heavy atom. The monoisotopic (exact) mass is 194 g/mol. The number of rotatable bonds is 8. The van der Waals surface area contributed by atoms with Gasteiger partial charge in [0.15, 0.2) is 0 Å². The number of hydrogen-bond donors (Lipinski definition) is 1. The molecule has 0 aromatic heterocycles. The molecule has 0 bridgehead atoms. The van der Waals surface area contributed by atoms with Gasteiger partial charge in [-0.2, -0.15) is 0 Å². The molecule has 0 fully saturated rings. The van der Waals surface area contributed by atoms with Gasteiger partial charge >= 0.3 is 9.17 Å². The Morgan fingerprint density at radius 3 is 2.50 bits per heavy atom. The van der Waals surface area contributed by atoms with E-state index in [2.05, 4.69) is 4.43 Å². The van der Waals surface area contributed by atoms with Gasteiger partial charge in [-0.3, -0.25) is 4.46 Å². The van der Waals surface area contributed by atoms with Crippen molar-refractivity contribution in [3.63, 3.8) is 0 Å². The quantitative estimate of drug-likeness (QED) is 0.415. The largest absolute Gasteiger partial charge is 0.767 e. The summed E-state index contributed by atoms with van der Waals surface area (Å²) in [5, 5.41) is 8.30. The van der Waals surface area contributed by atoms with Gasteiger partial charge in [0.2, 0.25) is 0 Å². The summed E-state index contributed by atoms with van der Waals surface area (Å²) in [5.41, 5.74) is 0. The Labute approximate surface area is 73.1 Å². The van der Waals surface area contributed by atoms with Crippen molar-refractivity contribution in [1.82, 2.24) is 0 Å². The van der Waals surface area contributed by atoms with Crippen LogP contribution >= 0.6 is 0 Å². The molecule has 72 valence electrons. The maximum atomic E-state index is 10.7. The maximum Gasteiger partial charge on any atom is 0.767 e. The van der Waals surface area contributed by atoms with E-state index in [0.29, 0.717) is 13.2 Å². The highest BCUT2D eigenvalue weighted by atomic mass is 28.3. The highest BCUT2D eigenvalue weighted by Gasteiger charge is 2.08. The molecule has 0 aromatic carbocycles. The fraction of sp³-hybridized carbons (Fsp3) is 1.00. The molecular weight excluding hydrogens is 180 g/mol. The second kappa shape index (κ2) is 8.63. The van der Waals surface area contributed by atoms with Gasteiger partial charge in [-0.15, -0.1) is 0 Å². The molecule has 6 heteroatoms. The van der Waals surface area contributed by atoms with Crippen LogP contribution in [0.4, 0.5) is 0 Å². The summed E-state index contributed by atoms with van der Waals surface area (Å²) < 4.78 is 25.0. The summed E-state index contributed by atoms with van der Waals surface area (Å²) in [6.45, 7) is 3.05. The van der Waals surface area contributed by atoms with Crippen LogP contribution in [-0.4, -0.2) is 47.3 Å². The summed E-state index contributed by atoms with van der Waals surface area (Å²) in [6.07, 6.45) is 0. The zero-order chi connectivity index (χ0) is 9.23. The van der Waals surface area contributed by atoms with Crippen LogP contribution in [0, 0.1) is 0 Å². The van der Waals surface area contributed by atoms with E-state index in [1.807, 2.05) is 6.92 Å². The van der Waals surface area contributed by atoms with Gasteiger partial charge in [-0.1, -0.05) is 0 Å². The van der Waals surface area contributed by atoms with E-state index in [9.17, 15) is 4.46 Å². The van der Waals surface area contributed by atoms with Crippen molar-refractivity contribution >= 4 is 9.17 Å². The molecule has 0 saturated carbocycles. The number of hydrogen-bond acceptors (Lipinski definition) is 5. The maximum absolute atomic E-state index is 10.7. The highest BCUT2D eigenvalue weighted by Crippen LogP contribution is 1.81. The third kappa shape index (κ3) is 7.64. The smallest absolute Gasteiger partial charge is 0.494 e. The van der Waals surface area contributed by atoms with E-state index in [-0.39, 0.29) is 19.8 Å². The molecule has 1 N–H and O–H groups in total. The first kappa shape index (κ1) is 11.5. The lowest BCUT2D eigenvalue weighted by Crippen LogP contribution is -2.17. The second-order valence-electron chi connectivity index (χ2n) is 1.87. The predicted octanol–water partition coefficient (Wildman–Crippen LogP) is -0.536. The van der Waals surface area contributed by atoms with Crippen LogP contribution in [0.3, 0.4) is 0 Å². The van der Waals surface area contributed by atoms with Crippen molar-refractivity contribution in [3.8, 4) is 0 Å². The Kier molecular flexibility index (Phi) is 8.30. The molecule has 0 radical (unpaired) electrons. The van der Waals surface area contributed by atoms with Gasteiger partial charge in [-0.05, 0) is 6.92 Å². The van der Waals surface area contributed by atoms with E-state index < -0.39 is 9.17 Å². The number of ether oxygens (including phenoxy) is 1. The molecule has 12 heavy (non-hydrogen) atoms. The van der Waals surface area contributed by atoms with E-state index in [1.54, 1.807) is 0 Å². The molecule has 0 heterocycles. The van der Waals surface area contributed by atoms with Crippen molar-refractivity contribution in [2.75, 3.05) is 33.0 Å². The van der Waals surface area contributed by atoms with Crippen molar-refractivity contribution in [3.05, 3.63) is 0 Å². The zero-order valence-electron chi connectivity index (χ0n) is 7.12. The first-order valence-electron chi connectivity index (χ1n) is 3.79. The van der Waals surface area contributed by atoms with Crippen molar-refractivity contribution < 1.29 is 23.2 Å². The highest BCUT2D eigenvalue weighted by molar-refractivity contribution is 6.26. The molecule has 0 atom stereocenters. The summed E-state index contributed by atoms with van der Waals surface area (Å²) >= 11 is 0. The average Bonchev–Trinajstić information content (AvgIpc) is 2.09. The van der Waals surface area contributed by atoms with E-state index >= 15 is 0 Å². The topological polar surface area (TPSA) is 65.0 Å². The molecule has 0 aliphatic heterocycles. The van der Waals surface area contributed by atoms with Crippen molar-refractivity contribution in [1.29, 1.82) is 0 Å². The average molecular weight is 194 g/mol. The number of aliphatic hydroxyl groups excluding tert-OH is 1. The summed E-state index contributed by atoms with van der Waals surface area (Å²) in [6, 6.07) is 0.